The van der Waals surface area contributed by atoms with E-state index in [0.717, 1.165) is 12.1 Å². The van der Waals surface area contributed by atoms with Gasteiger partial charge in [0.1, 0.15) is 17.3 Å². The van der Waals surface area contributed by atoms with Gasteiger partial charge in [0.2, 0.25) is 0 Å². The van der Waals surface area contributed by atoms with Crippen LogP contribution in [0.3, 0.4) is 0 Å². The number of likely N-dealkylation sites (tertiary alicyclic amines) is 1. The molecule has 3 rings (SSSR count). The van der Waals surface area contributed by atoms with Crippen LogP contribution in [-0.4, -0.2) is 67.0 Å². The average Bonchev–Trinajstić information content (AvgIpc) is 3.05. The van der Waals surface area contributed by atoms with E-state index in [9.17, 15) is 14.7 Å². The fourth-order valence-corrected chi connectivity index (χ4v) is 3.96. The minimum atomic E-state index is -0.676. The molecule has 0 unspecified atom stereocenters. The number of aliphatic hydroxyl groups is 1. The summed E-state index contributed by atoms with van der Waals surface area (Å²) in [4.78, 5) is 29.7. The van der Waals surface area contributed by atoms with E-state index < -0.39 is 17.7 Å². The van der Waals surface area contributed by atoms with Gasteiger partial charge in [-0.05, 0) is 82.9 Å². The molecule has 2 aromatic carbocycles. The summed E-state index contributed by atoms with van der Waals surface area (Å²) in [7, 11) is 3.92. The highest BCUT2D eigenvalue weighted by molar-refractivity contribution is 6.46. The van der Waals surface area contributed by atoms with Crippen molar-refractivity contribution in [2.45, 2.75) is 26.3 Å². The Kier molecular flexibility index (Phi) is 8.11. The number of aliphatic hydroxyl groups excluding tert-OH is 1. The normalized spacial score (nSPS) is 17.6. The summed E-state index contributed by atoms with van der Waals surface area (Å²) < 4.78 is 11.0. The van der Waals surface area contributed by atoms with E-state index in [1.54, 1.807) is 29.2 Å². The molecule has 1 aliphatic heterocycles. The number of hydrogen-bond acceptors (Lipinski definition) is 6. The maximum Gasteiger partial charge on any atom is 0.295 e. The van der Waals surface area contributed by atoms with Crippen LogP contribution in [-0.2, 0) is 9.59 Å². The first-order valence-electron chi connectivity index (χ1n) is 11.3. The first-order valence-corrected chi connectivity index (χ1v) is 11.3. The second-order valence-corrected chi connectivity index (χ2v) is 8.11. The smallest absolute Gasteiger partial charge is 0.295 e. The summed E-state index contributed by atoms with van der Waals surface area (Å²) in [6.45, 7) is 6.05. The van der Waals surface area contributed by atoms with Crippen LogP contribution in [0.5, 0.6) is 11.5 Å². The van der Waals surface area contributed by atoms with Crippen molar-refractivity contribution in [3.8, 4) is 11.5 Å². The number of rotatable bonds is 10. The van der Waals surface area contributed by atoms with Gasteiger partial charge in [0.25, 0.3) is 11.7 Å². The molecule has 0 saturated carbocycles. The van der Waals surface area contributed by atoms with Crippen molar-refractivity contribution in [3.63, 3.8) is 0 Å². The van der Waals surface area contributed by atoms with Crippen LogP contribution in [0.1, 0.15) is 37.4 Å². The highest BCUT2D eigenvalue weighted by Gasteiger charge is 2.45. The lowest BCUT2D eigenvalue weighted by Gasteiger charge is -2.26. The molecule has 1 amide bonds. The molecule has 0 aromatic heterocycles. The molecule has 0 spiro atoms. The summed E-state index contributed by atoms with van der Waals surface area (Å²) >= 11 is 0. The lowest BCUT2D eigenvalue weighted by Crippen LogP contribution is -2.32. The molecule has 0 radical (unpaired) electrons. The SMILES string of the molecule is CCOc1ccc(/C(O)=C2\C(=O)C(=O)N(CCCN(C)C)[C@@H]2c2ccc(OCC)cc2)cc1. The Hall–Kier alpha value is -3.32. The quantitative estimate of drug-likeness (QED) is 0.335. The zero-order chi connectivity index (χ0) is 24.0. The first-order chi connectivity index (χ1) is 15.9. The fourth-order valence-electron chi connectivity index (χ4n) is 3.96. The zero-order valence-electron chi connectivity index (χ0n) is 19.7. The van der Waals surface area contributed by atoms with Gasteiger partial charge < -0.3 is 24.4 Å². The van der Waals surface area contributed by atoms with Crippen LogP contribution in [0.4, 0.5) is 0 Å². The molecule has 0 bridgehead atoms. The third-order valence-corrected chi connectivity index (χ3v) is 5.49. The second-order valence-electron chi connectivity index (χ2n) is 8.11. The van der Waals surface area contributed by atoms with Gasteiger partial charge in [-0.15, -0.1) is 0 Å². The molecular formula is C26H32N2O5. The van der Waals surface area contributed by atoms with E-state index >= 15 is 0 Å². The van der Waals surface area contributed by atoms with Crippen molar-refractivity contribution in [3.05, 3.63) is 65.2 Å². The van der Waals surface area contributed by atoms with Crippen LogP contribution in [0.25, 0.3) is 5.76 Å². The van der Waals surface area contributed by atoms with E-state index in [1.807, 2.05) is 57.1 Å². The average molecular weight is 453 g/mol. The predicted molar refractivity (Wildman–Crippen MR) is 127 cm³/mol. The van der Waals surface area contributed by atoms with Crippen molar-refractivity contribution >= 4 is 17.4 Å². The van der Waals surface area contributed by atoms with Gasteiger partial charge in [-0.25, -0.2) is 0 Å². The number of Topliss-reactive ketones (excluding diaryl/α,β-unsaturated/α-hetero) is 1. The Morgan fingerprint density at radius 2 is 1.48 bits per heavy atom. The molecule has 2 aromatic rings. The zero-order valence-corrected chi connectivity index (χ0v) is 19.7. The van der Waals surface area contributed by atoms with Gasteiger partial charge in [-0.2, -0.15) is 0 Å². The molecule has 7 heteroatoms. The number of carbonyl (C=O) groups excluding carboxylic acids is 2. The summed E-state index contributed by atoms with van der Waals surface area (Å²) in [6, 6.07) is 13.5. The molecule has 1 N–H and O–H groups in total. The van der Waals surface area contributed by atoms with Gasteiger partial charge in [0.05, 0.1) is 24.8 Å². The van der Waals surface area contributed by atoms with Crippen molar-refractivity contribution < 1.29 is 24.2 Å². The standard InChI is InChI=1S/C26H32N2O5/c1-5-32-20-12-8-18(9-13-20)23-22(24(29)19-10-14-21(15-11-19)33-6-2)25(30)26(31)28(23)17-7-16-27(3)4/h8-15,23,29H,5-7,16-17H2,1-4H3/b24-22+/t23-/m1/s1. The molecule has 7 nitrogen and oxygen atoms in total. The van der Waals surface area contributed by atoms with E-state index in [4.69, 9.17) is 9.47 Å². The monoisotopic (exact) mass is 452 g/mol. The largest absolute Gasteiger partial charge is 0.507 e. The first kappa shape index (κ1) is 24.3. The van der Waals surface area contributed by atoms with Gasteiger partial charge in [-0.3, -0.25) is 9.59 Å². The fraction of sp³-hybridized carbons (Fsp3) is 0.385. The third-order valence-electron chi connectivity index (χ3n) is 5.49. The second kappa shape index (κ2) is 11.0. The Labute approximate surface area is 195 Å². The molecule has 1 aliphatic rings. The van der Waals surface area contributed by atoms with Crippen molar-refractivity contribution in [2.24, 2.45) is 0 Å². The third kappa shape index (κ3) is 5.54. The van der Waals surface area contributed by atoms with Crippen LogP contribution in [0.2, 0.25) is 0 Å². The minimum Gasteiger partial charge on any atom is -0.507 e. The van der Waals surface area contributed by atoms with Gasteiger partial charge in [-0.1, -0.05) is 12.1 Å². The van der Waals surface area contributed by atoms with Crippen LogP contribution in [0, 0.1) is 0 Å². The molecule has 1 saturated heterocycles. The van der Waals surface area contributed by atoms with Gasteiger partial charge in [0.15, 0.2) is 0 Å². The number of nitrogens with zero attached hydrogens (tertiary/aromatic N) is 2. The lowest BCUT2D eigenvalue weighted by molar-refractivity contribution is -0.139. The topological polar surface area (TPSA) is 79.3 Å². The Balaban J connectivity index is 2.03. The lowest BCUT2D eigenvalue weighted by atomic mass is 9.95. The Morgan fingerprint density at radius 1 is 0.939 bits per heavy atom. The molecule has 1 heterocycles. The highest BCUT2D eigenvalue weighted by atomic mass is 16.5. The van der Waals surface area contributed by atoms with Crippen LogP contribution in [0.15, 0.2) is 54.1 Å². The Morgan fingerprint density at radius 3 is 2.00 bits per heavy atom. The van der Waals surface area contributed by atoms with E-state index in [-0.39, 0.29) is 11.3 Å². The van der Waals surface area contributed by atoms with Crippen molar-refractivity contribution in [1.29, 1.82) is 0 Å². The molecule has 176 valence electrons. The number of ketones is 1. The summed E-state index contributed by atoms with van der Waals surface area (Å²) in [6.07, 6.45) is 0.705. The van der Waals surface area contributed by atoms with E-state index in [1.165, 1.54) is 0 Å². The van der Waals surface area contributed by atoms with Crippen molar-refractivity contribution in [2.75, 3.05) is 40.4 Å². The maximum absolute atomic E-state index is 13.1. The number of benzene rings is 2. The van der Waals surface area contributed by atoms with Crippen LogP contribution < -0.4 is 9.47 Å². The van der Waals surface area contributed by atoms with Gasteiger partial charge in [0, 0.05) is 12.1 Å². The van der Waals surface area contributed by atoms with Crippen molar-refractivity contribution in [1.82, 2.24) is 9.80 Å². The Bertz CT molecular complexity index is 996. The summed E-state index contributed by atoms with van der Waals surface area (Å²) in [5.74, 6) is -0.0887. The maximum atomic E-state index is 13.1. The number of ether oxygens (including phenoxy) is 2. The number of amides is 1. The van der Waals surface area contributed by atoms with E-state index in [2.05, 4.69) is 0 Å². The molecule has 0 aliphatic carbocycles. The molecule has 1 atom stereocenters. The van der Waals surface area contributed by atoms with E-state index in [0.29, 0.717) is 43.2 Å². The summed E-state index contributed by atoms with van der Waals surface area (Å²) in [5.41, 5.74) is 1.30. The predicted octanol–water partition coefficient (Wildman–Crippen LogP) is 3.86. The van der Waals surface area contributed by atoms with Crippen LogP contribution >= 0.6 is 0 Å². The minimum absolute atomic E-state index is 0.0955. The number of carbonyl (C=O) groups is 2. The molecule has 33 heavy (non-hydrogen) atoms. The van der Waals surface area contributed by atoms with Gasteiger partial charge >= 0.3 is 0 Å². The molecule has 1 fully saturated rings. The number of hydrogen-bond donors (Lipinski definition) is 1. The molecular weight excluding hydrogens is 420 g/mol. The summed E-state index contributed by atoms with van der Waals surface area (Å²) in [5, 5.41) is 11.1. The highest BCUT2D eigenvalue weighted by Crippen LogP contribution is 2.40.